The van der Waals surface area contributed by atoms with E-state index in [1.165, 1.54) is 5.56 Å². The van der Waals surface area contributed by atoms with Crippen LogP contribution in [-0.4, -0.2) is 24.0 Å². The number of ether oxygens (including phenoxy) is 1. The first-order valence-corrected chi connectivity index (χ1v) is 7.18. The van der Waals surface area contributed by atoms with Crippen molar-refractivity contribution in [2.45, 2.75) is 26.4 Å². The summed E-state index contributed by atoms with van der Waals surface area (Å²) in [5.74, 6) is 0.485. The van der Waals surface area contributed by atoms with Gasteiger partial charge in [-0.25, -0.2) is 4.98 Å². The predicted molar refractivity (Wildman–Crippen MR) is 86.9 cm³/mol. The summed E-state index contributed by atoms with van der Waals surface area (Å²) in [5.41, 5.74) is 3.06. The van der Waals surface area contributed by atoms with E-state index in [0.717, 1.165) is 11.3 Å². The molecule has 0 aliphatic heterocycles. The van der Waals surface area contributed by atoms with Crippen molar-refractivity contribution in [3.05, 3.63) is 53.7 Å². The first kappa shape index (κ1) is 15.8. The molecule has 0 saturated carbocycles. The Balaban J connectivity index is 1.84. The van der Waals surface area contributed by atoms with E-state index in [1.807, 2.05) is 44.2 Å². The van der Waals surface area contributed by atoms with Gasteiger partial charge in [0.05, 0.1) is 19.0 Å². The number of aromatic nitrogens is 1. The number of benzene rings is 1. The number of aryl methyl sites for hydroxylation is 1. The van der Waals surface area contributed by atoms with E-state index in [-0.39, 0.29) is 11.9 Å². The summed E-state index contributed by atoms with van der Waals surface area (Å²) in [6.07, 6.45) is 1.64. The molecule has 5 heteroatoms. The number of nitrogens with zero attached hydrogens (tertiary/aromatic N) is 1. The van der Waals surface area contributed by atoms with Crippen molar-refractivity contribution in [3.8, 4) is 5.88 Å². The summed E-state index contributed by atoms with van der Waals surface area (Å²) >= 11 is 0. The lowest BCUT2D eigenvalue weighted by molar-refractivity contribution is -0.121. The van der Waals surface area contributed by atoms with E-state index in [4.69, 9.17) is 4.74 Å². The van der Waals surface area contributed by atoms with Gasteiger partial charge in [0.15, 0.2) is 0 Å². The maximum absolute atomic E-state index is 12.1. The number of hydrogen-bond acceptors (Lipinski definition) is 4. The molecule has 0 aliphatic rings. The normalized spacial score (nSPS) is 11.6. The zero-order chi connectivity index (χ0) is 15.9. The van der Waals surface area contributed by atoms with Crippen LogP contribution >= 0.6 is 0 Å². The molecule has 1 heterocycles. The monoisotopic (exact) mass is 299 g/mol. The highest BCUT2D eigenvalue weighted by molar-refractivity contribution is 5.84. The molecule has 0 spiro atoms. The Morgan fingerprint density at radius 1 is 1.23 bits per heavy atom. The van der Waals surface area contributed by atoms with Crippen molar-refractivity contribution < 1.29 is 9.53 Å². The molecule has 1 aromatic heterocycles. The maximum atomic E-state index is 12.1. The van der Waals surface area contributed by atoms with Gasteiger partial charge in [-0.2, -0.15) is 0 Å². The molecule has 2 aromatic rings. The van der Waals surface area contributed by atoms with E-state index in [1.54, 1.807) is 19.4 Å². The second kappa shape index (κ2) is 7.45. The number of carbonyl (C=O) groups is 1. The third-order valence-electron chi connectivity index (χ3n) is 3.31. The van der Waals surface area contributed by atoms with Crippen LogP contribution in [0.4, 0.5) is 5.69 Å². The van der Waals surface area contributed by atoms with Crippen LogP contribution in [-0.2, 0) is 11.3 Å². The van der Waals surface area contributed by atoms with Crippen LogP contribution in [0.25, 0.3) is 0 Å². The molecule has 5 nitrogen and oxygen atoms in total. The Kier molecular flexibility index (Phi) is 5.36. The minimum Gasteiger partial charge on any atom is -0.481 e. The third kappa shape index (κ3) is 4.48. The Morgan fingerprint density at radius 3 is 2.55 bits per heavy atom. The van der Waals surface area contributed by atoms with Gasteiger partial charge in [0.1, 0.15) is 6.04 Å². The van der Waals surface area contributed by atoms with E-state index < -0.39 is 0 Å². The zero-order valence-corrected chi connectivity index (χ0v) is 13.1. The van der Waals surface area contributed by atoms with Crippen molar-refractivity contribution in [2.24, 2.45) is 0 Å². The molecule has 0 saturated heterocycles. The number of anilines is 1. The van der Waals surface area contributed by atoms with Gasteiger partial charge in [0.2, 0.25) is 11.8 Å². The summed E-state index contributed by atoms with van der Waals surface area (Å²) in [6, 6.07) is 11.3. The fraction of sp³-hybridized carbons (Fsp3) is 0.294. The zero-order valence-electron chi connectivity index (χ0n) is 13.1. The van der Waals surface area contributed by atoms with Crippen LogP contribution in [0, 0.1) is 6.92 Å². The molecule has 0 bridgehead atoms. The van der Waals surface area contributed by atoms with Gasteiger partial charge < -0.3 is 15.4 Å². The van der Waals surface area contributed by atoms with Gasteiger partial charge >= 0.3 is 0 Å². The average Bonchev–Trinajstić information content (AvgIpc) is 2.54. The van der Waals surface area contributed by atoms with Gasteiger partial charge in [-0.15, -0.1) is 0 Å². The van der Waals surface area contributed by atoms with Crippen molar-refractivity contribution >= 4 is 11.6 Å². The third-order valence-corrected chi connectivity index (χ3v) is 3.31. The standard InChI is InChI=1S/C17H21N3O2/c1-12-4-6-14(7-5-12)10-19-17(21)13(2)20-15-8-9-16(22-3)18-11-15/h4-9,11,13,20H,10H2,1-3H3,(H,19,21)/t13-/m1/s1. The van der Waals surface area contributed by atoms with Gasteiger partial charge in [-0.3, -0.25) is 4.79 Å². The molecule has 0 unspecified atom stereocenters. The molecule has 0 fully saturated rings. The first-order chi connectivity index (χ1) is 10.6. The summed E-state index contributed by atoms with van der Waals surface area (Å²) < 4.78 is 5.00. The van der Waals surface area contributed by atoms with Crippen LogP contribution in [0.1, 0.15) is 18.1 Å². The molecule has 22 heavy (non-hydrogen) atoms. The fourth-order valence-electron chi connectivity index (χ4n) is 1.95. The number of rotatable bonds is 6. The lowest BCUT2D eigenvalue weighted by Gasteiger charge is -2.15. The molecule has 1 atom stereocenters. The lowest BCUT2D eigenvalue weighted by atomic mass is 10.1. The Labute approximate surface area is 130 Å². The number of pyridine rings is 1. The van der Waals surface area contributed by atoms with Crippen LogP contribution in [0.2, 0.25) is 0 Å². The summed E-state index contributed by atoms with van der Waals surface area (Å²) in [6.45, 7) is 4.37. The molecule has 0 aliphatic carbocycles. The highest BCUT2D eigenvalue weighted by atomic mass is 16.5. The SMILES string of the molecule is COc1ccc(N[C@H](C)C(=O)NCc2ccc(C)cc2)cn1. The predicted octanol–water partition coefficient (Wildman–Crippen LogP) is 2.52. The second-order valence-electron chi connectivity index (χ2n) is 5.16. The van der Waals surface area contributed by atoms with E-state index in [9.17, 15) is 4.79 Å². The smallest absolute Gasteiger partial charge is 0.242 e. The minimum atomic E-state index is -0.347. The molecular weight excluding hydrogens is 278 g/mol. The number of carbonyl (C=O) groups excluding carboxylic acids is 1. The van der Waals surface area contributed by atoms with Gasteiger partial charge in [-0.1, -0.05) is 29.8 Å². The Bertz CT molecular complexity index is 609. The molecule has 2 N–H and O–H groups in total. The molecule has 0 radical (unpaired) electrons. The number of methoxy groups -OCH3 is 1. The van der Waals surface area contributed by atoms with Crippen molar-refractivity contribution in [2.75, 3.05) is 12.4 Å². The number of hydrogen-bond donors (Lipinski definition) is 2. The molecule has 2 rings (SSSR count). The summed E-state index contributed by atoms with van der Waals surface area (Å²) in [4.78, 5) is 16.2. The van der Waals surface area contributed by atoms with E-state index in [0.29, 0.717) is 12.4 Å². The van der Waals surface area contributed by atoms with Crippen LogP contribution < -0.4 is 15.4 Å². The molecule has 116 valence electrons. The number of nitrogens with one attached hydrogen (secondary N) is 2. The maximum Gasteiger partial charge on any atom is 0.242 e. The highest BCUT2D eigenvalue weighted by Gasteiger charge is 2.12. The van der Waals surface area contributed by atoms with Gasteiger partial charge in [-0.05, 0) is 25.5 Å². The van der Waals surface area contributed by atoms with Crippen molar-refractivity contribution in [1.29, 1.82) is 0 Å². The quantitative estimate of drug-likeness (QED) is 0.860. The first-order valence-electron chi connectivity index (χ1n) is 7.18. The Hall–Kier alpha value is -2.56. The van der Waals surface area contributed by atoms with Crippen molar-refractivity contribution in [3.63, 3.8) is 0 Å². The largest absolute Gasteiger partial charge is 0.481 e. The second-order valence-corrected chi connectivity index (χ2v) is 5.16. The van der Waals surface area contributed by atoms with Crippen LogP contribution in [0.3, 0.4) is 0 Å². The fourth-order valence-corrected chi connectivity index (χ4v) is 1.95. The average molecular weight is 299 g/mol. The summed E-state index contributed by atoms with van der Waals surface area (Å²) in [5, 5.41) is 6.02. The number of amides is 1. The van der Waals surface area contributed by atoms with E-state index in [2.05, 4.69) is 15.6 Å². The Morgan fingerprint density at radius 2 is 1.95 bits per heavy atom. The van der Waals surface area contributed by atoms with E-state index >= 15 is 0 Å². The summed E-state index contributed by atoms with van der Waals surface area (Å²) in [7, 11) is 1.57. The lowest BCUT2D eigenvalue weighted by Crippen LogP contribution is -2.37. The van der Waals surface area contributed by atoms with Gasteiger partial charge in [0.25, 0.3) is 0 Å². The van der Waals surface area contributed by atoms with Gasteiger partial charge in [0, 0.05) is 12.6 Å². The van der Waals surface area contributed by atoms with Crippen LogP contribution in [0.15, 0.2) is 42.6 Å². The van der Waals surface area contributed by atoms with Crippen molar-refractivity contribution in [1.82, 2.24) is 10.3 Å². The highest BCUT2D eigenvalue weighted by Crippen LogP contribution is 2.12. The molecular formula is C17H21N3O2. The molecule has 1 amide bonds. The topological polar surface area (TPSA) is 63.2 Å². The minimum absolute atomic E-state index is 0.0589. The van der Waals surface area contributed by atoms with Crippen LogP contribution in [0.5, 0.6) is 5.88 Å². The molecule has 1 aromatic carbocycles.